The molecule has 0 radical (unpaired) electrons. The normalized spacial score (nSPS) is 16.4. The number of urea groups is 1. The molecule has 9 heteroatoms. The average molecular weight is 410 g/mol. The number of ether oxygens (including phenoxy) is 1. The fourth-order valence-electron chi connectivity index (χ4n) is 3.56. The van der Waals surface area contributed by atoms with E-state index in [-0.39, 0.29) is 30.0 Å². The molecule has 2 amide bonds. The summed E-state index contributed by atoms with van der Waals surface area (Å²) in [5.74, 6) is 0.145. The molecule has 1 heterocycles. The first-order chi connectivity index (χ1) is 13.6. The van der Waals surface area contributed by atoms with E-state index in [9.17, 15) is 18.0 Å². The maximum absolute atomic E-state index is 13.4. The molecule has 0 spiro atoms. The van der Waals surface area contributed by atoms with Gasteiger partial charge in [0, 0.05) is 24.8 Å². The zero-order chi connectivity index (χ0) is 21.2. The first-order valence-corrected chi connectivity index (χ1v) is 9.57. The third-order valence-corrected chi connectivity index (χ3v) is 4.88. The molecule has 1 aromatic carbocycles. The van der Waals surface area contributed by atoms with Gasteiger partial charge in [0.15, 0.2) is 0 Å². The van der Waals surface area contributed by atoms with E-state index in [2.05, 4.69) is 15.7 Å². The highest BCUT2D eigenvalue weighted by Crippen LogP contribution is 2.35. The maximum Gasteiger partial charge on any atom is 0.416 e. The Bertz CT molecular complexity index is 877. The second-order valence-electron chi connectivity index (χ2n) is 7.43. The Morgan fingerprint density at radius 1 is 1.38 bits per heavy atom. The Labute approximate surface area is 167 Å². The summed E-state index contributed by atoms with van der Waals surface area (Å²) in [6.07, 6.45) is -0.481. The topological polar surface area (TPSA) is 68.2 Å². The minimum Gasteiger partial charge on any atom is -0.491 e. The number of fused-ring (bicyclic) bond motifs is 1. The standard InChI is InChI=1S/C20H25F3N4O2/c1-12(2)29-14-8-7-13(16(9-14)20(21,22)23)10-24-19(28)26-17-5-4-6-18-15(17)11-25-27(18)3/h7-9,11-12,17H,4-6,10H2,1-3H3,(H2,24,26,28). The van der Waals surface area contributed by atoms with Crippen molar-refractivity contribution in [1.82, 2.24) is 20.4 Å². The predicted octanol–water partition coefficient (Wildman–Crippen LogP) is 4.10. The van der Waals surface area contributed by atoms with Gasteiger partial charge in [0.25, 0.3) is 0 Å². The van der Waals surface area contributed by atoms with Gasteiger partial charge in [-0.1, -0.05) is 6.07 Å². The summed E-state index contributed by atoms with van der Waals surface area (Å²) in [6.45, 7) is 3.24. The molecule has 1 atom stereocenters. The minimum atomic E-state index is -4.54. The van der Waals surface area contributed by atoms with Crippen LogP contribution in [0.3, 0.4) is 0 Å². The van der Waals surface area contributed by atoms with E-state index >= 15 is 0 Å². The highest BCUT2D eigenvalue weighted by Gasteiger charge is 2.34. The largest absolute Gasteiger partial charge is 0.491 e. The van der Waals surface area contributed by atoms with Crippen LogP contribution in [0.4, 0.5) is 18.0 Å². The van der Waals surface area contributed by atoms with Crippen molar-refractivity contribution in [3.8, 4) is 5.75 Å². The fourth-order valence-corrected chi connectivity index (χ4v) is 3.56. The molecule has 1 aromatic heterocycles. The number of aryl methyl sites for hydroxylation is 1. The molecular weight excluding hydrogens is 385 g/mol. The molecule has 1 unspecified atom stereocenters. The number of carbonyl (C=O) groups is 1. The van der Waals surface area contributed by atoms with Gasteiger partial charge < -0.3 is 15.4 Å². The van der Waals surface area contributed by atoms with Crippen molar-refractivity contribution in [2.75, 3.05) is 0 Å². The lowest BCUT2D eigenvalue weighted by molar-refractivity contribution is -0.138. The summed E-state index contributed by atoms with van der Waals surface area (Å²) in [4.78, 5) is 12.3. The molecule has 0 saturated carbocycles. The van der Waals surface area contributed by atoms with Crippen molar-refractivity contribution in [2.24, 2.45) is 7.05 Å². The molecule has 158 valence electrons. The van der Waals surface area contributed by atoms with Gasteiger partial charge in [0.2, 0.25) is 0 Å². The second-order valence-corrected chi connectivity index (χ2v) is 7.43. The Hall–Kier alpha value is -2.71. The molecule has 29 heavy (non-hydrogen) atoms. The fraction of sp³-hybridized carbons (Fsp3) is 0.500. The number of amides is 2. The maximum atomic E-state index is 13.4. The van der Waals surface area contributed by atoms with Crippen molar-refractivity contribution >= 4 is 6.03 Å². The van der Waals surface area contributed by atoms with Crippen LogP contribution in [0.2, 0.25) is 0 Å². The zero-order valence-corrected chi connectivity index (χ0v) is 16.6. The number of aromatic nitrogens is 2. The van der Waals surface area contributed by atoms with E-state index < -0.39 is 17.8 Å². The molecule has 0 fully saturated rings. The van der Waals surface area contributed by atoms with Gasteiger partial charge in [-0.2, -0.15) is 18.3 Å². The first-order valence-electron chi connectivity index (χ1n) is 9.57. The van der Waals surface area contributed by atoms with Crippen molar-refractivity contribution in [1.29, 1.82) is 0 Å². The molecular formula is C20H25F3N4O2. The molecule has 0 aliphatic heterocycles. The van der Waals surface area contributed by atoms with Gasteiger partial charge in [0.05, 0.1) is 23.9 Å². The average Bonchev–Trinajstić information content (AvgIpc) is 3.01. The lowest BCUT2D eigenvalue weighted by atomic mass is 9.93. The minimum absolute atomic E-state index is 0.0190. The highest BCUT2D eigenvalue weighted by atomic mass is 19.4. The Kier molecular flexibility index (Phi) is 6.04. The van der Waals surface area contributed by atoms with Gasteiger partial charge in [0.1, 0.15) is 5.75 Å². The number of hydrogen-bond acceptors (Lipinski definition) is 3. The van der Waals surface area contributed by atoms with E-state index in [1.807, 2.05) is 7.05 Å². The lowest BCUT2D eigenvalue weighted by Crippen LogP contribution is -2.39. The van der Waals surface area contributed by atoms with Crippen LogP contribution in [0.5, 0.6) is 5.75 Å². The number of hydrogen-bond donors (Lipinski definition) is 2. The molecule has 6 nitrogen and oxygen atoms in total. The summed E-state index contributed by atoms with van der Waals surface area (Å²) in [7, 11) is 1.85. The van der Waals surface area contributed by atoms with E-state index in [1.54, 1.807) is 24.7 Å². The monoisotopic (exact) mass is 410 g/mol. The molecule has 2 N–H and O–H groups in total. The molecule has 1 aliphatic carbocycles. The predicted molar refractivity (Wildman–Crippen MR) is 101 cm³/mol. The number of nitrogens with zero attached hydrogens (tertiary/aromatic N) is 2. The van der Waals surface area contributed by atoms with Crippen LogP contribution in [-0.2, 0) is 26.2 Å². The number of carbonyl (C=O) groups excluding carboxylic acids is 1. The summed E-state index contributed by atoms with van der Waals surface area (Å²) in [5.41, 5.74) is 1.19. The van der Waals surface area contributed by atoms with Gasteiger partial charge in [-0.15, -0.1) is 0 Å². The van der Waals surface area contributed by atoms with Gasteiger partial charge in [-0.05, 0) is 50.8 Å². The van der Waals surface area contributed by atoms with Crippen LogP contribution in [0.25, 0.3) is 0 Å². The van der Waals surface area contributed by atoms with Gasteiger partial charge in [-0.25, -0.2) is 4.79 Å². The summed E-state index contributed by atoms with van der Waals surface area (Å²) in [5, 5.41) is 9.61. The van der Waals surface area contributed by atoms with Crippen LogP contribution in [0.1, 0.15) is 55.1 Å². The third kappa shape index (κ3) is 5.02. The quantitative estimate of drug-likeness (QED) is 0.780. The summed E-state index contributed by atoms with van der Waals surface area (Å²) < 4.78 is 47.5. The second kappa shape index (κ2) is 8.34. The number of halogens is 3. The SMILES string of the molecule is CC(C)Oc1ccc(CNC(=O)NC2CCCc3c2cnn3C)c(C(F)(F)F)c1. The first kappa shape index (κ1) is 21.0. The smallest absolute Gasteiger partial charge is 0.416 e. The number of nitrogens with one attached hydrogen (secondary N) is 2. The molecule has 0 saturated heterocycles. The van der Waals surface area contributed by atoms with Crippen LogP contribution in [0, 0.1) is 0 Å². The number of benzene rings is 1. The number of alkyl halides is 3. The molecule has 0 bridgehead atoms. The van der Waals surface area contributed by atoms with Gasteiger partial charge in [-0.3, -0.25) is 4.68 Å². The van der Waals surface area contributed by atoms with Gasteiger partial charge >= 0.3 is 12.2 Å². The Balaban J connectivity index is 1.67. The Morgan fingerprint density at radius 3 is 2.83 bits per heavy atom. The number of rotatable bonds is 5. The molecule has 3 rings (SSSR count). The third-order valence-electron chi connectivity index (χ3n) is 4.88. The summed E-state index contributed by atoms with van der Waals surface area (Å²) in [6, 6.07) is 3.07. The van der Waals surface area contributed by atoms with E-state index in [0.717, 1.165) is 36.6 Å². The van der Waals surface area contributed by atoms with Crippen LogP contribution in [-0.4, -0.2) is 21.9 Å². The van der Waals surface area contributed by atoms with Crippen molar-refractivity contribution in [3.63, 3.8) is 0 Å². The van der Waals surface area contributed by atoms with Crippen molar-refractivity contribution < 1.29 is 22.7 Å². The van der Waals surface area contributed by atoms with Crippen molar-refractivity contribution in [3.05, 3.63) is 46.8 Å². The van der Waals surface area contributed by atoms with Crippen molar-refractivity contribution in [2.45, 2.75) is 58.0 Å². The van der Waals surface area contributed by atoms with E-state index in [4.69, 9.17) is 4.74 Å². The Morgan fingerprint density at radius 2 is 2.14 bits per heavy atom. The lowest BCUT2D eigenvalue weighted by Gasteiger charge is -2.24. The van der Waals surface area contributed by atoms with Crippen LogP contribution < -0.4 is 15.4 Å². The zero-order valence-electron chi connectivity index (χ0n) is 16.6. The molecule has 1 aliphatic rings. The van der Waals surface area contributed by atoms with Crippen LogP contribution in [0.15, 0.2) is 24.4 Å². The van der Waals surface area contributed by atoms with E-state index in [0.29, 0.717) is 0 Å². The highest BCUT2D eigenvalue weighted by molar-refractivity contribution is 5.74. The summed E-state index contributed by atoms with van der Waals surface area (Å²) >= 11 is 0. The van der Waals surface area contributed by atoms with E-state index in [1.165, 1.54) is 12.1 Å². The van der Waals surface area contributed by atoms with Crippen LogP contribution >= 0.6 is 0 Å². The molecule has 2 aromatic rings.